The van der Waals surface area contributed by atoms with Crippen LogP contribution in [0, 0.1) is 5.41 Å². The van der Waals surface area contributed by atoms with E-state index in [-0.39, 0.29) is 25.4 Å². The number of carbonyl (C=O) groups is 1. The van der Waals surface area contributed by atoms with Crippen LogP contribution in [0.5, 0.6) is 0 Å². The van der Waals surface area contributed by atoms with Crippen molar-refractivity contribution in [1.29, 1.82) is 0 Å². The van der Waals surface area contributed by atoms with Gasteiger partial charge in [0.25, 0.3) is 6.17 Å². The summed E-state index contributed by atoms with van der Waals surface area (Å²) in [4.78, 5) is 10.6. The van der Waals surface area contributed by atoms with Crippen molar-refractivity contribution >= 4 is 5.97 Å². The fourth-order valence-corrected chi connectivity index (χ4v) is 1.08. The molecule has 25 heavy (non-hydrogen) atoms. The Morgan fingerprint density at radius 3 is 1.68 bits per heavy atom. The molecule has 3 N–H and O–H groups in total. The van der Waals surface area contributed by atoms with E-state index in [0.29, 0.717) is 6.42 Å². The lowest BCUT2D eigenvalue weighted by Gasteiger charge is -2.24. The lowest BCUT2D eigenvalue weighted by Crippen LogP contribution is -2.45. The number of aliphatic hydroxyl groups excluding tert-OH is 3. The summed E-state index contributed by atoms with van der Waals surface area (Å²) in [6.45, 7) is 3.49. The third-order valence-electron chi connectivity index (χ3n) is 3.16. The Bertz CT molecular complexity index is 403. The Morgan fingerprint density at radius 2 is 1.48 bits per heavy atom. The van der Waals surface area contributed by atoms with Crippen molar-refractivity contribution in [3.63, 3.8) is 0 Å². The number of halogens is 6. The predicted octanol–water partition coefficient (Wildman–Crippen LogP) is 2.00. The number of ether oxygens (including phenoxy) is 1. The smallest absolute Gasteiger partial charge is 0.425 e. The van der Waals surface area contributed by atoms with Gasteiger partial charge in [0, 0.05) is 11.0 Å². The zero-order valence-corrected chi connectivity index (χ0v) is 13.7. The molecule has 1 unspecified atom stereocenters. The van der Waals surface area contributed by atoms with E-state index in [4.69, 9.17) is 15.3 Å². The van der Waals surface area contributed by atoms with Crippen LogP contribution >= 0.6 is 0 Å². The van der Waals surface area contributed by atoms with Crippen LogP contribution in [0.3, 0.4) is 0 Å². The summed E-state index contributed by atoms with van der Waals surface area (Å²) >= 11 is 0. The summed E-state index contributed by atoms with van der Waals surface area (Å²) in [7, 11) is 0. The van der Waals surface area contributed by atoms with Crippen LogP contribution in [0.25, 0.3) is 0 Å². The minimum atomic E-state index is -5.71. The molecule has 5 nitrogen and oxygen atoms in total. The summed E-state index contributed by atoms with van der Waals surface area (Å²) in [5, 5.41) is 26.0. The first-order valence-electron chi connectivity index (χ1n) is 6.96. The maximum absolute atomic E-state index is 12.5. The highest BCUT2D eigenvalue weighted by atomic mass is 19.4. The Labute approximate surface area is 140 Å². The van der Waals surface area contributed by atoms with E-state index < -0.39 is 36.3 Å². The standard InChI is InChI=1S/C8H8F6O2.C6H14O3/c1-4(2)5(15)16-3-7(10,11)6(9)8(12,13)14;1-2-6(3-7,4-8)5-9/h6H,1,3H2,2H3;7-9H,2-5H2,1H3. The van der Waals surface area contributed by atoms with Gasteiger partial charge < -0.3 is 20.1 Å². The molecule has 0 aromatic rings. The van der Waals surface area contributed by atoms with Gasteiger partial charge in [0.05, 0.1) is 19.8 Å². The number of aliphatic hydroxyl groups is 3. The second-order valence-corrected chi connectivity index (χ2v) is 5.35. The van der Waals surface area contributed by atoms with Crippen molar-refractivity contribution in [2.24, 2.45) is 5.41 Å². The van der Waals surface area contributed by atoms with Crippen LogP contribution in [0.15, 0.2) is 12.2 Å². The van der Waals surface area contributed by atoms with Gasteiger partial charge in [-0.25, -0.2) is 9.18 Å². The van der Waals surface area contributed by atoms with Crippen LogP contribution in [-0.2, 0) is 9.53 Å². The first-order valence-corrected chi connectivity index (χ1v) is 6.96. The number of rotatable bonds is 8. The minimum absolute atomic E-state index is 0.156. The van der Waals surface area contributed by atoms with Gasteiger partial charge in [0.1, 0.15) is 0 Å². The van der Waals surface area contributed by atoms with Crippen molar-refractivity contribution < 1.29 is 51.2 Å². The van der Waals surface area contributed by atoms with Crippen LogP contribution < -0.4 is 0 Å². The first-order chi connectivity index (χ1) is 11.2. The summed E-state index contributed by atoms with van der Waals surface area (Å²) in [6, 6.07) is 0. The first kappa shape index (κ1) is 25.9. The fraction of sp³-hybridized carbons (Fsp3) is 0.786. The molecule has 0 radical (unpaired) electrons. The molecule has 0 amide bonds. The van der Waals surface area contributed by atoms with E-state index in [1.54, 1.807) is 0 Å². The van der Waals surface area contributed by atoms with Gasteiger partial charge in [-0.2, -0.15) is 22.0 Å². The number of hydrogen-bond acceptors (Lipinski definition) is 5. The molecule has 0 spiro atoms. The van der Waals surface area contributed by atoms with Crippen molar-refractivity contribution in [3.05, 3.63) is 12.2 Å². The van der Waals surface area contributed by atoms with E-state index in [0.717, 1.165) is 6.92 Å². The molecule has 0 rings (SSSR count). The van der Waals surface area contributed by atoms with Crippen molar-refractivity contribution in [2.45, 2.75) is 38.5 Å². The Kier molecular flexibility index (Phi) is 11.0. The van der Waals surface area contributed by atoms with Crippen LogP contribution in [0.1, 0.15) is 20.3 Å². The Morgan fingerprint density at radius 1 is 1.08 bits per heavy atom. The second kappa shape index (κ2) is 10.6. The van der Waals surface area contributed by atoms with Gasteiger partial charge in [-0.3, -0.25) is 0 Å². The van der Waals surface area contributed by atoms with Crippen molar-refractivity contribution in [3.8, 4) is 0 Å². The highest BCUT2D eigenvalue weighted by Gasteiger charge is 2.57. The molecule has 0 saturated heterocycles. The van der Waals surface area contributed by atoms with Crippen molar-refractivity contribution in [1.82, 2.24) is 0 Å². The summed E-state index contributed by atoms with van der Waals surface area (Å²) in [5.74, 6) is -6.13. The predicted molar refractivity (Wildman–Crippen MR) is 75.7 cm³/mol. The molecule has 0 heterocycles. The lowest BCUT2D eigenvalue weighted by atomic mass is 9.88. The summed E-state index contributed by atoms with van der Waals surface area (Å²) in [6.07, 6.45) is -9.49. The molecule has 11 heteroatoms. The van der Waals surface area contributed by atoms with Crippen LogP contribution in [-0.4, -0.2) is 66.0 Å². The molecular weight excluding hydrogens is 362 g/mol. The normalized spacial score (nSPS) is 13.6. The molecule has 0 aromatic carbocycles. The number of alkyl halides is 6. The highest BCUT2D eigenvalue weighted by Crippen LogP contribution is 2.35. The highest BCUT2D eigenvalue weighted by molar-refractivity contribution is 5.86. The van der Waals surface area contributed by atoms with Gasteiger partial charge in [-0.15, -0.1) is 0 Å². The average molecular weight is 384 g/mol. The SMILES string of the molecule is C=C(C)C(=O)OCC(F)(F)C(F)C(F)(F)F.CCC(CO)(CO)CO. The number of esters is 1. The van der Waals surface area contributed by atoms with E-state index in [9.17, 15) is 31.1 Å². The van der Waals surface area contributed by atoms with Gasteiger partial charge in [-0.05, 0) is 13.3 Å². The average Bonchev–Trinajstić information content (AvgIpc) is 2.54. The maximum Gasteiger partial charge on any atom is 0.425 e. The third kappa shape index (κ3) is 9.07. The number of hydrogen-bond donors (Lipinski definition) is 3. The molecule has 0 saturated carbocycles. The topological polar surface area (TPSA) is 87.0 Å². The maximum atomic E-state index is 12.5. The van der Waals surface area contributed by atoms with Gasteiger partial charge in [-0.1, -0.05) is 13.5 Å². The van der Waals surface area contributed by atoms with E-state index in [2.05, 4.69) is 11.3 Å². The minimum Gasteiger partial charge on any atom is -0.456 e. The van der Waals surface area contributed by atoms with Crippen LogP contribution in [0.4, 0.5) is 26.3 Å². The van der Waals surface area contributed by atoms with E-state index in [1.807, 2.05) is 6.92 Å². The molecule has 150 valence electrons. The molecule has 0 aliphatic heterocycles. The van der Waals surface area contributed by atoms with Crippen molar-refractivity contribution in [2.75, 3.05) is 26.4 Å². The Balaban J connectivity index is 0. The van der Waals surface area contributed by atoms with E-state index in [1.165, 1.54) is 0 Å². The zero-order valence-electron chi connectivity index (χ0n) is 13.7. The monoisotopic (exact) mass is 384 g/mol. The molecule has 0 fully saturated rings. The van der Waals surface area contributed by atoms with Gasteiger partial charge in [0.2, 0.25) is 0 Å². The van der Waals surface area contributed by atoms with Gasteiger partial charge in [0.15, 0.2) is 6.61 Å². The quantitative estimate of drug-likeness (QED) is 0.339. The summed E-state index contributed by atoms with van der Waals surface area (Å²) < 4.78 is 75.9. The molecule has 0 bridgehead atoms. The molecular formula is C14H22F6O5. The third-order valence-corrected chi connectivity index (χ3v) is 3.16. The molecule has 1 atom stereocenters. The molecule has 0 aliphatic carbocycles. The van der Waals surface area contributed by atoms with E-state index >= 15 is 0 Å². The van der Waals surface area contributed by atoms with Gasteiger partial charge >= 0.3 is 18.1 Å². The Hall–Kier alpha value is -1.33. The fourth-order valence-electron chi connectivity index (χ4n) is 1.08. The molecule has 0 aliphatic rings. The summed E-state index contributed by atoms with van der Waals surface area (Å²) in [5.41, 5.74) is -0.946. The largest absolute Gasteiger partial charge is 0.456 e. The van der Waals surface area contributed by atoms with Crippen LogP contribution in [0.2, 0.25) is 0 Å². The zero-order chi connectivity index (χ0) is 20.5. The number of carbonyl (C=O) groups excluding carboxylic acids is 1. The molecule has 0 aromatic heterocycles. The lowest BCUT2D eigenvalue weighted by molar-refractivity contribution is -0.253. The second-order valence-electron chi connectivity index (χ2n) is 5.35.